The molecule has 0 bridgehead atoms. The molecule has 0 aliphatic heterocycles. The molecule has 3 nitrogen and oxygen atoms in total. The van der Waals surface area contributed by atoms with E-state index in [0.29, 0.717) is 6.04 Å². The lowest BCUT2D eigenvalue weighted by atomic mass is 9.97. The first-order valence-corrected chi connectivity index (χ1v) is 8.38. The number of para-hydroxylation sites is 1. The summed E-state index contributed by atoms with van der Waals surface area (Å²) >= 11 is 1.83. The lowest BCUT2D eigenvalue weighted by molar-refractivity contribution is 0.465. The second kappa shape index (κ2) is 5.28. The van der Waals surface area contributed by atoms with Crippen LogP contribution in [0.5, 0.6) is 0 Å². The van der Waals surface area contributed by atoms with Crippen LogP contribution in [0.25, 0.3) is 21.5 Å². The number of nitrogens with zero attached hydrogens (tertiary/aromatic N) is 1. The van der Waals surface area contributed by atoms with E-state index in [-0.39, 0.29) is 0 Å². The highest BCUT2D eigenvalue weighted by atomic mass is 32.1. The van der Waals surface area contributed by atoms with Crippen molar-refractivity contribution in [2.75, 3.05) is 6.54 Å². The summed E-state index contributed by atoms with van der Waals surface area (Å²) in [4.78, 5) is 6.38. The summed E-state index contributed by atoms with van der Waals surface area (Å²) < 4.78 is 5.66. The van der Waals surface area contributed by atoms with Crippen LogP contribution in [0, 0.1) is 0 Å². The number of aryl methyl sites for hydroxylation is 1. The Kier molecular flexibility index (Phi) is 3.28. The molecule has 0 radical (unpaired) electrons. The second-order valence-electron chi connectivity index (χ2n) is 5.48. The van der Waals surface area contributed by atoms with Gasteiger partial charge in [0, 0.05) is 10.3 Å². The Bertz CT molecular complexity index is 774. The summed E-state index contributed by atoms with van der Waals surface area (Å²) in [6.45, 7) is 3.15. The number of hydrogen-bond acceptors (Lipinski definition) is 4. The van der Waals surface area contributed by atoms with Crippen molar-refractivity contribution in [2.45, 2.75) is 32.2 Å². The van der Waals surface area contributed by atoms with Gasteiger partial charge in [-0.2, -0.15) is 0 Å². The third-order valence-corrected chi connectivity index (χ3v) is 5.28. The highest BCUT2D eigenvalue weighted by Gasteiger charge is 2.25. The molecule has 0 saturated carbocycles. The minimum Gasteiger partial charge on any atom is -0.464 e. The quantitative estimate of drug-likeness (QED) is 0.771. The van der Waals surface area contributed by atoms with Crippen molar-refractivity contribution in [3.05, 3.63) is 41.1 Å². The van der Waals surface area contributed by atoms with Crippen LogP contribution in [0.4, 0.5) is 0 Å². The summed E-state index contributed by atoms with van der Waals surface area (Å²) in [5.41, 5.74) is 3.32. The van der Waals surface area contributed by atoms with E-state index < -0.39 is 0 Å². The van der Waals surface area contributed by atoms with Crippen LogP contribution in [0.2, 0.25) is 0 Å². The number of fused-ring (bicyclic) bond motifs is 2. The van der Waals surface area contributed by atoms with Gasteiger partial charge in [0.05, 0.1) is 17.3 Å². The van der Waals surface area contributed by atoms with Gasteiger partial charge in [0.25, 0.3) is 0 Å². The monoisotopic (exact) mass is 298 g/mol. The number of aromatic nitrogens is 1. The number of thiazole rings is 1. The zero-order valence-corrected chi connectivity index (χ0v) is 12.9. The molecular weight excluding hydrogens is 280 g/mol. The Labute approximate surface area is 128 Å². The first kappa shape index (κ1) is 13.0. The van der Waals surface area contributed by atoms with Crippen LogP contribution >= 0.6 is 11.3 Å². The molecule has 2 heterocycles. The molecule has 3 aromatic rings. The van der Waals surface area contributed by atoms with E-state index in [4.69, 9.17) is 9.40 Å². The smallest absolute Gasteiger partial charge is 0.134 e. The van der Waals surface area contributed by atoms with Crippen molar-refractivity contribution in [1.82, 2.24) is 10.3 Å². The zero-order chi connectivity index (χ0) is 14.2. The molecule has 0 saturated heterocycles. The topological polar surface area (TPSA) is 38.1 Å². The number of benzene rings is 1. The van der Waals surface area contributed by atoms with Crippen molar-refractivity contribution in [1.29, 1.82) is 0 Å². The van der Waals surface area contributed by atoms with E-state index in [1.54, 1.807) is 0 Å². The first-order valence-electron chi connectivity index (χ1n) is 7.56. The van der Waals surface area contributed by atoms with Gasteiger partial charge in [0.15, 0.2) is 0 Å². The average Bonchev–Trinajstić information content (AvgIpc) is 3.11. The Morgan fingerprint density at radius 2 is 2.29 bits per heavy atom. The van der Waals surface area contributed by atoms with Gasteiger partial charge in [-0.05, 0) is 31.9 Å². The largest absolute Gasteiger partial charge is 0.464 e. The van der Waals surface area contributed by atoms with E-state index >= 15 is 0 Å². The van der Waals surface area contributed by atoms with Crippen molar-refractivity contribution in [3.8, 4) is 10.6 Å². The molecule has 4 heteroatoms. The molecule has 21 heavy (non-hydrogen) atoms. The molecule has 2 aromatic heterocycles. The predicted octanol–water partition coefficient (Wildman–Crippen LogP) is 4.54. The van der Waals surface area contributed by atoms with Crippen LogP contribution in [-0.2, 0) is 6.42 Å². The Morgan fingerprint density at radius 1 is 1.38 bits per heavy atom. The van der Waals surface area contributed by atoms with Crippen molar-refractivity contribution in [3.63, 3.8) is 0 Å². The highest BCUT2D eigenvalue weighted by Crippen LogP contribution is 2.39. The van der Waals surface area contributed by atoms with Crippen LogP contribution in [0.3, 0.4) is 0 Å². The number of nitrogens with one attached hydrogen (secondary N) is 1. The molecule has 1 aliphatic rings. The number of furan rings is 1. The third kappa shape index (κ3) is 2.19. The van der Waals surface area contributed by atoms with Crippen molar-refractivity contribution >= 4 is 22.3 Å². The van der Waals surface area contributed by atoms with E-state index in [9.17, 15) is 0 Å². The summed E-state index contributed by atoms with van der Waals surface area (Å²) in [7, 11) is 0. The summed E-state index contributed by atoms with van der Waals surface area (Å²) in [5, 5.41) is 5.81. The fraction of sp³-hybridized carbons (Fsp3) is 0.353. The Morgan fingerprint density at radius 3 is 3.19 bits per heavy atom. The standard InChI is InChI=1S/C17H18N2OS/c1-2-18-13-7-5-9-15-16(13)19-17(21-15)12-10-20-14-8-4-3-6-11(12)14/h3-4,6,8,10,13,18H,2,5,7,9H2,1H3. The van der Waals surface area contributed by atoms with Gasteiger partial charge in [0.2, 0.25) is 0 Å². The number of rotatable bonds is 3. The molecule has 4 rings (SSSR count). The molecule has 1 aliphatic carbocycles. The zero-order valence-electron chi connectivity index (χ0n) is 12.1. The lowest BCUT2D eigenvalue weighted by Gasteiger charge is -2.21. The van der Waals surface area contributed by atoms with Crippen molar-refractivity contribution in [2.24, 2.45) is 0 Å². The third-order valence-electron chi connectivity index (χ3n) is 4.12. The van der Waals surface area contributed by atoms with E-state index in [0.717, 1.165) is 34.5 Å². The fourth-order valence-corrected chi connectivity index (χ4v) is 4.31. The maximum absolute atomic E-state index is 5.66. The van der Waals surface area contributed by atoms with E-state index in [1.807, 2.05) is 29.7 Å². The average molecular weight is 298 g/mol. The normalized spacial score (nSPS) is 18.0. The minimum absolute atomic E-state index is 0.418. The molecule has 108 valence electrons. The number of hydrogen-bond donors (Lipinski definition) is 1. The maximum atomic E-state index is 5.66. The molecule has 1 atom stereocenters. The summed E-state index contributed by atoms with van der Waals surface area (Å²) in [6.07, 6.45) is 5.44. The Hall–Kier alpha value is -1.65. The lowest BCUT2D eigenvalue weighted by Crippen LogP contribution is -2.24. The molecule has 1 unspecified atom stereocenters. The molecular formula is C17H18N2OS. The van der Waals surface area contributed by atoms with Crippen LogP contribution in [0.15, 0.2) is 34.9 Å². The van der Waals surface area contributed by atoms with Crippen LogP contribution < -0.4 is 5.32 Å². The van der Waals surface area contributed by atoms with E-state index in [2.05, 4.69) is 24.4 Å². The molecule has 0 amide bonds. The summed E-state index contributed by atoms with van der Waals surface area (Å²) in [5.74, 6) is 0. The van der Waals surface area contributed by atoms with Gasteiger partial charge in [-0.3, -0.25) is 0 Å². The molecule has 1 aromatic carbocycles. The van der Waals surface area contributed by atoms with Crippen LogP contribution in [0.1, 0.15) is 36.4 Å². The molecule has 0 fully saturated rings. The SMILES string of the molecule is CCNC1CCCc2sc(-c3coc4ccccc34)nc21. The van der Waals surface area contributed by atoms with E-state index in [1.165, 1.54) is 23.4 Å². The van der Waals surface area contributed by atoms with Crippen molar-refractivity contribution < 1.29 is 4.42 Å². The summed E-state index contributed by atoms with van der Waals surface area (Å²) in [6, 6.07) is 8.59. The minimum atomic E-state index is 0.418. The molecule has 1 N–H and O–H groups in total. The van der Waals surface area contributed by atoms with Gasteiger partial charge < -0.3 is 9.73 Å². The second-order valence-corrected chi connectivity index (χ2v) is 6.56. The first-order chi connectivity index (χ1) is 10.4. The van der Waals surface area contributed by atoms with Gasteiger partial charge >= 0.3 is 0 Å². The predicted molar refractivity (Wildman–Crippen MR) is 86.7 cm³/mol. The van der Waals surface area contributed by atoms with Gasteiger partial charge in [0.1, 0.15) is 16.9 Å². The molecule has 0 spiro atoms. The van der Waals surface area contributed by atoms with Crippen LogP contribution in [-0.4, -0.2) is 11.5 Å². The Balaban J connectivity index is 1.80. The van der Waals surface area contributed by atoms with Gasteiger partial charge in [-0.15, -0.1) is 11.3 Å². The van der Waals surface area contributed by atoms with Gasteiger partial charge in [-0.1, -0.05) is 25.1 Å². The highest BCUT2D eigenvalue weighted by molar-refractivity contribution is 7.15. The maximum Gasteiger partial charge on any atom is 0.134 e. The fourth-order valence-electron chi connectivity index (χ4n) is 3.12. The van der Waals surface area contributed by atoms with Gasteiger partial charge in [-0.25, -0.2) is 4.98 Å².